The van der Waals surface area contributed by atoms with Crippen molar-refractivity contribution in [2.45, 2.75) is 25.0 Å². The Morgan fingerprint density at radius 1 is 1.26 bits per heavy atom. The standard InChI is InChI=1S/C15H18O8/c1-5-15(19,14(17)18)12-7-6-8(20-2)10(21-3)11(22-4)9(7)13(16)23-12/h6,12,19H,5H2,1-4H3,(H,17,18)/t12-,15?/m1/s1. The normalized spacial score (nSPS) is 18.7. The number of rotatable bonds is 6. The number of aliphatic hydroxyl groups is 1. The third-order valence-electron chi connectivity index (χ3n) is 3.92. The number of benzene rings is 1. The average molecular weight is 326 g/mol. The molecule has 1 aromatic carbocycles. The van der Waals surface area contributed by atoms with Crippen LogP contribution in [0.4, 0.5) is 0 Å². The Hall–Kier alpha value is -2.48. The molecule has 2 atom stereocenters. The lowest BCUT2D eigenvalue weighted by Crippen LogP contribution is -2.44. The summed E-state index contributed by atoms with van der Waals surface area (Å²) in [6, 6.07) is 1.41. The predicted octanol–water partition coefficient (Wildman–Crippen LogP) is 1.15. The van der Waals surface area contributed by atoms with Gasteiger partial charge < -0.3 is 29.2 Å². The third kappa shape index (κ3) is 2.35. The molecule has 8 heteroatoms. The minimum absolute atomic E-state index is 0.0169. The van der Waals surface area contributed by atoms with Crippen LogP contribution >= 0.6 is 0 Å². The quantitative estimate of drug-likeness (QED) is 0.749. The zero-order chi connectivity index (χ0) is 17.4. The molecule has 23 heavy (non-hydrogen) atoms. The number of hydrogen-bond donors (Lipinski definition) is 2. The van der Waals surface area contributed by atoms with Crippen molar-refractivity contribution in [2.24, 2.45) is 0 Å². The van der Waals surface area contributed by atoms with Crippen molar-refractivity contribution < 1.29 is 38.7 Å². The molecular formula is C15H18O8. The molecule has 0 bridgehead atoms. The molecule has 126 valence electrons. The van der Waals surface area contributed by atoms with Crippen molar-refractivity contribution in [3.63, 3.8) is 0 Å². The van der Waals surface area contributed by atoms with Gasteiger partial charge in [0.2, 0.25) is 11.4 Å². The lowest BCUT2D eigenvalue weighted by atomic mass is 9.87. The highest BCUT2D eigenvalue weighted by molar-refractivity contribution is 6.00. The van der Waals surface area contributed by atoms with E-state index in [2.05, 4.69) is 0 Å². The molecule has 1 heterocycles. The van der Waals surface area contributed by atoms with E-state index in [1.54, 1.807) is 0 Å². The fraction of sp³-hybridized carbons (Fsp3) is 0.467. The highest BCUT2D eigenvalue weighted by Crippen LogP contribution is 2.50. The summed E-state index contributed by atoms with van der Waals surface area (Å²) in [5.74, 6) is -1.80. The van der Waals surface area contributed by atoms with Gasteiger partial charge in [-0.2, -0.15) is 0 Å². The maximum absolute atomic E-state index is 12.2. The van der Waals surface area contributed by atoms with E-state index in [1.165, 1.54) is 34.3 Å². The van der Waals surface area contributed by atoms with Crippen molar-refractivity contribution in [1.82, 2.24) is 0 Å². The van der Waals surface area contributed by atoms with Crippen molar-refractivity contribution in [3.05, 3.63) is 17.2 Å². The molecule has 1 unspecified atom stereocenters. The minimum atomic E-state index is -2.26. The highest BCUT2D eigenvalue weighted by atomic mass is 16.6. The van der Waals surface area contributed by atoms with Gasteiger partial charge in [0.15, 0.2) is 17.6 Å². The molecule has 1 aliphatic heterocycles. The van der Waals surface area contributed by atoms with E-state index in [0.717, 1.165) is 0 Å². The molecule has 0 amide bonds. The van der Waals surface area contributed by atoms with Crippen LogP contribution in [0.5, 0.6) is 17.2 Å². The second-order valence-corrected chi connectivity index (χ2v) is 4.98. The first-order valence-corrected chi connectivity index (χ1v) is 6.85. The van der Waals surface area contributed by atoms with E-state index in [1.807, 2.05) is 0 Å². The summed E-state index contributed by atoms with van der Waals surface area (Å²) >= 11 is 0. The van der Waals surface area contributed by atoms with Gasteiger partial charge in [0.1, 0.15) is 5.56 Å². The van der Waals surface area contributed by atoms with Gasteiger partial charge in [0, 0.05) is 5.56 Å². The number of ether oxygens (including phenoxy) is 4. The molecule has 1 aromatic rings. The van der Waals surface area contributed by atoms with Gasteiger partial charge in [-0.25, -0.2) is 9.59 Å². The summed E-state index contributed by atoms with van der Waals surface area (Å²) < 4.78 is 20.7. The maximum Gasteiger partial charge on any atom is 0.343 e. The van der Waals surface area contributed by atoms with E-state index >= 15 is 0 Å². The van der Waals surface area contributed by atoms with Crippen molar-refractivity contribution in [3.8, 4) is 17.2 Å². The summed E-state index contributed by atoms with van der Waals surface area (Å²) in [5, 5.41) is 19.8. The number of esters is 1. The van der Waals surface area contributed by atoms with Gasteiger partial charge >= 0.3 is 11.9 Å². The Kier molecular flexibility index (Phi) is 4.37. The summed E-state index contributed by atoms with van der Waals surface area (Å²) in [4.78, 5) is 23.7. The third-order valence-corrected chi connectivity index (χ3v) is 3.92. The van der Waals surface area contributed by atoms with Gasteiger partial charge in [-0.1, -0.05) is 6.92 Å². The Morgan fingerprint density at radius 3 is 2.30 bits per heavy atom. The van der Waals surface area contributed by atoms with Gasteiger partial charge in [0.05, 0.1) is 21.3 Å². The molecule has 8 nitrogen and oxygen atoms in total. The number of cyclic esters (lactones) is 1. The summed E-state index contributed by atoms with van der Waals surface area (Å²) in [6.07, 6.45) is -1.53. The van der Waals surface area contributed by atoms with Crippen LogP contribution in [0.1, 0.15) is 35.4 Å². The molecular weight excluding hydrogens is 308 g/mol. The van der Waals surface area contributed by atoms with Crippen LogP contribution < -0.4 is 14.2 Å². The number of fused-ring (bicyclic) bond motifs is 1. The molecule has 0 saturated heterocycles. The van der Waals surface area contributed by atoms with Gasteiger partial charge in [-0.05, 0) is 12.5 Å². The summed E-state index contributed by atoms with van der Waals surface area (Å²) in [7, 11) is 4.10. The van der Waals surface area contributed by atoms with Crippen LogP contribution in [0.15, 0.2) is 6.07 Å². The molecule has 0 aliphatic carbocycles. The summed E-state index contributed by atoms with van der Waals surface area (Å²) in [5.41, 5.74) is -2.06. The fourth-order valence-corrected chi connectivity index (χ4v) is 2.63. The van der Waals surface area contributed by atoms with Crippen LogP contribution in [-0.2, 0) is 9.53 Å². The lowest BCUT2D eigenvalue weighted by molar-refractivity contribution is -0.172. The van der Waals surface area contributed by atoms with E-state index in [9.17, 15) is 19.8 Å². The molecule has 0 radical (unpaired) electrons. The SMILES string of the molecule is CCC(O)(C(=O)O)[C@@H]1OC(=O)c2c1cc(OC)c(OC)c2OC. The van der Waals surface area contributed by atoms with Crippen molar-refractivity contribution >= 4 is 11.9 Å². The average Bonchev–Trinajstić information content (AvgIpc) is 2.88. The molecule has 0 fully saturated rings. The number of hydrogen-bond acceptors (Lipinski definition) is 7. The largest absolute Gasteiger partial charge is 0.493 e. The zero-order valence-electron chi connectivity index (χ0n) is 13.2. The van der Waals surface area contributed by atoms with Crippen LogP contribution in [-0.4, -0.2) is 49.1 Å². The molecule has 1 aliphatic rings. The fourth-order valence-electron chi connectivity index (χ4n) is 2.63. The first-order valence-electron chi connectivity index (χ1n) is 6.85. The van der Waals surface area contributed by atoms with Gasteiger partial charge in [-0.15, -0.1) is 0 Å². The van der Waals surface area contributed by atoms with Crippen LogP contribution in [0, 0.1) is 0 Å². The zero-order valence-corrected chi connectivity index (χ0v) is 13.2. The van der Waals surface area contributed by atoms with Gasteiger partial charge in [-0.3, -0.25) is 0 Å². The maximum atomic E-state index is 12.2. The Bertz CT molecular complexity index is 653. The number of carboxylic acids is 1. The second-order valence-electron chi connectivity index (χ2n) is 4.98. The number of methoxy groups -OCH3 is 3. The van der Waals surface area contributed by atoms with E-state index < -0.39 is 23.6 Å². The number of carbonyl (C=O) groups is 2. The van der Waals surface area contributed by atoms with E-state index in [-0.39, 0.29) is 34.8 Å². The Labute approximate surface area is 132 Å². The van der Waals surface area contributed by atoms with Crippen molar-refractivity contribution in [2.75, 3.05) is 21.3 Å². The summed E-state index contributed by atoms with van der Waals surface area (Å²) in [6.45, 7) is 1.48. The Balaban J connectivity index is 2.74. The van der Waals surface area contributed by atoms with E-state index in [4.69, 9.17) is 18.9 Å². The van der Waals surface area contributed by atoms with E-state index in [0.29, 0.717) is 0 Å². The molecule has 2 N–H and O–H groups in total. The smallest absolute Gasteiger partial charge is 0.343 e. The molecule has 0 aromatic heterocycles. The Morgan fingerprint density at radius 2 is 1.87 bits per heavy atom. The number of aliphatic carboxylic acids is 1. The number of carboxylic acid groups (broad SMARTS) is 1. The van der Waals surface area contributed by atoms with Crippen LogP contribution in [0.3, 0.4) is 0 Å². The van der Waals surface area contributed by atoms with Crippen LogP contribution in [0.2, 0.25) is 0 Å². The molecule has 0 saturated carbocycles. The first kappa shape index (κ1) is 16.9. The monoisotopic (exact) mass is 326 g/mol. The highest BCUT2D eigenvalue weighted by Gasteiger charge is 2.52. The van der Waals surface area contributed by atoms with Crippen LogP contribution in [0.25, 0.3) is 0 Å². The topological polar surface area (TPSA) is 112 Å². The number of carbonyl (C=O) groups excluding carboxylic acids is 1. The second kappa shape index (κ2) is 5.96. The first-order chi connectivity index (χ1) is 10.8. The van der Waals surface area contributed by atoms with Gasteiger partial charge in [0.25, 0.3) is 0 Å². The minimum Gasteiger partial charge on any atom is -0.493 e. The molecule has 2 rings (SSSR count). The predicted molar refractivity (Wildman–Crippen MR) is 77.1 cm³/mol. The molecule has 0 spiro atoms. The van der Waals surface area contributed by atoms with Crippen molar-refractivity contribution in [1.29, 1.82) is 0 Å². The lowest BCUT2D eigenvalue weighted by Gasteiger charge is -2.28.